The fraction of sp³-hybridized carbons (Fsp3) is 0.452. The Morgan fingerprint density at radius 1 is 1.07 bits per heavy atom. The predicted octanol–water partition coefficient (Wildman–Crippen LogP) is 0.00782. The summed E-state index contributed by atoms with van der Waals surface area (Å²) >= 11 is 0. The molecule has 1 aliphatic heterocycles. The van der Waals surface area contributed by atoms with E-state index in [-0.39, 0.29) is 48.4 Å². The maximum atomic E-state index is 13.8. The van der Waals surface area contributed by atoms with E-state index in [4.69, 9.17) is 4.74 Å². The minimum Gasteiger partial charge on any atom is -0.550 e. The number of hydrogen-bond donors (Lipinski definition) is 3. The van der Waals surface area contributed by atoms with E-state index in [0.29, 0.717) is 29.1 Å². The second-order valence-electron chi connectivity index (χ2n) is 11.7. The Labute approximate surface area is 279 Å². The van der Waals surface area contributed by atoms with Crippen molar-refractivity contribution in [2.75, 3.05) is 17.7 Å². The van der Waals surface area contributed by atoms with E-state index in [2.05, 4.69) is 16.0 Å². The summed E-state index contributed by atoms with van der Waals surface area (Å²) in [6.45, 7) is 6.71. The Morgan fingerprint density at radius 2 is 1.73 bits per heavy atom. The van der Waals surface area contributed by atoms with Crippen molar-refractivity contribution in [3.05, 3.63) is 53.6 Å². The van der Waals surface area contributed by atoms with Crippen LogP contribution in [0.15, 0.2) is 42.5 Å². The largest absolute Gasteiger partial charge is 1.00 e. The second-order valence-corrected chi connectivity index (χ2v) is 11.7. The topological polar surface area (TPSA) is 160 Å². The summed E-state index contributed by atoms with van der Waals surface area (Å²) in [7, 11) is 1.46. The zero-order valence-corrected chi connectivity index (χ0v) is 28.1. The van der Waals surface area contributed by atoms with Crippen molar-refractivity contribution in [2.45, 2.75) is 77.5 Å². The van der Waals surface area contributed by atoms with Gasteiger partial charge in [-0.2, -0.15) is 0 Å². The third-order valence-corrected chi connectivity index (χ3v) is 7.83. The molecule has 4 rings (SSSR count). The average molecular weight is 616 g/mol. The number of aryl methyl sites for hydroxylation is 1. The van der Waals surface area contributed by atoms with E-state index in [1.807, 2.05) is 25.1 Å². The van der Waals surface area contributed by atoms with Crippen LogP contribution in [-0.4, -0.2) is 64.4 Å². The molecule has 6 amide bonds. The van der Waals surface area contributed by atoms with Crippen LogP contribution in [0.3, 0.4) is 0 Å². The number of rotatable bonds is 12. The van der Waals surface area contributed by atoms with Crippen LogP contribution in [0.2, 0.25) is 0 Å². The first-order valence-corrected chi connectivity index (χ1v) is 14.3. The molecule has 2 aromatic carbocycles. The van der Waals surface area contributed by atoms with Crippen molar-refractivity contribution >= 4 is 41.2 Å². The van der Waals surface area contributed by atoms with E-state index >= 15 is 0 Å². The van der Waals surface area contributed by atoms with Gasteiger partial charge in [0.05, 0.1) is 12.8 Å². The maximum Gasteiger partial charge on any atom is 1.00 e. The van der Waals surface area contributed by atoms with Crippen LogP contribution in [-0.2, 0) is 20.9 Å². The SMILES string of the molecule is COc1cc(CN2C(=O)N([C@@H](CC3CC3)C(=O)N[C@H](C)CC(=O)[O-])C(=O)C2(C)C)ccc1NC(=O)Nc1ccccc1C.[Na+]. The van der Waals surface area contributed by atoms with Crippen molar-refractivity contribution in [1.82, 2.24) is 15.1 Å². The molecule has 13 heteroatoms. The number of carbonyl (C=O) groups excluding carboxylic acids is 5. The first-order valence-electron chi connectivity index (χ1n) is 14.3. The van der Waals surface area contributed by atoms with Crippen LogP contribution in [0.1, 0.15) is 57.6 Å². The van der Waals surface area contributed by atoms with Gasteiger partial charge in [0.15, 0.2) is 0 Å². The number of imide groups is 1. The number of aliphatic carboxylic acids is 1. The van der Waals surface area contributed by atoms with Crippen LogP contribution in [0.4, 0.5) is 21.0 Å². The van der Waals surface area contributed by atoms with E-state index in [0.717, 1.165) is 23.3 Å². The van der Waals surface area contributed by atoms with Gasteiger partial charge < -0.3 is 35.5 Å². The molecule has 0 bridgehead atoms. The third kappa shape index (κ3) is 8.10. The fourth-order valence-electron chi connectivity index (χ4n) is 5.15. The number of anilines is 2. The number of benzene rings is 2. The molecule has 44 heavy (non-hydrogen) atoms. The molecule has 1 saturated heterocycles. The van der Waals surface area contributed by atoms with Crippen molar-refractivity contribution < 1.29 is 63.4 Å². The monoisotopic (exact) mass is 615 g/mol. The zero-order valence-electron chi connectivity index (χ0n) is 26.1. The van der Waals surface area contributed by atoms with Crippen molar-refractivity contribution in [3.63, 3.8) is 0 Å². The smallest absolute Gasteiger partial charge is 0.550 e. The summed E-state index contributed by atoms with van der Waals surface area (Å²) in [5.41, 5.74) is 1.37. The summed E-state index contributed by atoms with van der Waals surface area (Å²) in [6.07, 6.45) is 1.71. The molecular formula is C31H38N5NaO7. The second kappa shape index (κ2) is 14.4. The number of carboxylic acid groups (broad SMARTS) is 1. The van der Waals surface area contributed by atoms with Gasteiger partial charge in [-0.05, 0) is 69.4 Å². The Hall–Kier alpha value is -3.61. The van der Waals surface area contributed by atoms with E-state index in [1.54, 1.807) is 38.1 Å². The number of nitrogens with zero attached hydrogens (tertiary/aromatic N) is 2. The standard InChI is InChI=1S/C31H39N5O7.Na/c1-18-8-6-7-9-22(18)33-29(41)34-23-13-12-21(16-25(23)43-5)17-35-30(42)36(28(40)31(35,3)4)24(15-20-10-11-20)27(39)32-19(2)14-26(37)38;/h6-9,12-13,16,19-20,24H,10-11,14-15,17H2,1-5H3,(H,32,39)(H,37,38)(H2,33,34,41);/q;+1/p-1/t19-,24+;/m1./s1. The molecule has 0 spiro atoms. The van der Waals surface area contributed by atoms with Gasteiger partial charge in [-0.1, -0.05) is 37.1 Å². The molecule has 1 aliphatic carbocycles. The Morgan fingerprint density at radius 3 is 2.34 bits per heavy atom. The number of carboxylic acids is 1. The number of amides is 6. The van der Waals surface area contributed by atoms with Gasteiger partial charge in [0, 0.05) is 30.7 Å². The summed E-state index contributed by atoms with van der Waals surface area (Å²) < 4.78 is 5.51. The van der Waals surface area contributed by atoms with Gasteiger partial charge in [0.2, 0.25) is 5.91 Å². The molecule has 1 heterocycles. The van der Waals surface area contributed by atoms with E-state index in [9.17, 15) is 29.1 Å². The molecule has 230 valence electrons. The zero-order chi connectivity index (χ0) is 31.5. The first-order chi connectivity index (χ1) is 20.3. The molecule has 12 nitrogen and oxygen atoms in total. The third-order valence-electron chi connectivity index (χ3n) is 7.83. The van der Waals surface area contributed by atoms with Crippen LogP contribution in [0.5, 0.6) is 5.75 Å². The Kier molecular flexibility index (Phi) is 11.5. The fourth-order valence-corrected chi connectivity index (χ4v) is 5.15. The number of para-hydroxylation sites is 1. The molecule has 1 saturated carbocycles. The van der Waals surface area contributed by atoms with Crippen LogP contribution in [0.25, 0.3) is 0 Å². The number of nitrogens with one attached hydrogen (secondary N) is 3. The van der Waals surface area contributed by atoms with Gasteiger partial charge in [0.1, 0.15) is 17.3 Å². The van der Waals surface area contributed by atoms with Gasteiger partial charge in [-0.25, -0.2) is 14.5 Å². The molecule has 0 unspecified atom stereocenters. The molecule has 0 radical (unpaired) electrons. The van der Waals surface area contributed by atoms with Crippen molar-refractivity contribution in [2.24, 2.45) is 5.92 Å². The van der Waals surface area contributed by atoms with E-state index < -0.39 is 47.5 Å². The molecule has 2 atom stereocenters. The summed E-state index contributed by atoms with van der Waals surface area (Å²) in [5, 5.41) is 19.2. The summed E-state index contributed by atoms with van der Waals surface area (Å²) in [5.74, 6) is -1.82. The van der Waals surface area contributed by atoms with Crippen molar-refractivity contribution in [3.8, 4) is 5.75 Å². The predicted molar refractivity (Wildman–Crippen MR) is 157 cm³/mol. The molecule has 0 aromatic heterocycles. The number of carbonyl (C=O) groups is 5. The molecule has 2 fully saturated rings. The number of ether oxygens (including phenoxy) is 1. The molecular weight excluding hydrogens is 577 g/mol. The molecule has 3 N–H and O–H groups in total. The summed E-state index contributed by atoms with van der Waals surface area (Å²) in [4.78, 5) is 66.7. The number of methoxy groups -OCH3 is 1. The first kappa shape index (κ1) is 34.9. The van der Waals surface area contributed by atoms with Gasteiger partial charge in [-0.15, -0.1) is 0 Å². The Balaban J connectivity index is 0.00000529. The molecule has 2 aliphatic rings. The van der Waals surface area contributed by atoms with Gasteiger partial charge >= 0.3 is 41.6 Å². The average Bonchev–Trinajstić information content (AvgIpc) is 3.74. The Bertz CT molecular complexity index is 1430. The summed E-state index contributed by atoms with van der Waals surface area (Å²) in [6, 6.07) is 9.58. The minimum absolute atomic E-state index is 0. The quantitative estimate of drug-likeness (QED) is 0.224. The minimum atomic E-state index is -1.31. The van der Waals surface area contributed by atoms with Crippen LogP contribution >= 0.6 is 0 Å². The maximum absolute atomic E-state index is 13.8. The number of urea groups is 2. The van der Waals surface area contributed by atoms with E-state index in [1.165, 1.54) is 18.9 Å². The van der Waals surface area contributed by atoms with Crippen LogP contribution in [0, 0.1) is 12.8 Å². The van der Waals surface area contributed by atoms with Gasteiger partial charge in [-0.3, -0.25) is 9.59 Å². The molecule has 2 aromatic rings. The van der Waals surface area contributed by atoms with Gasteiger partial charge in [0.25, 0.3) is 5.91 Å². The normalized spacial score (nSPS) is 16.9. The van der Waals surface area contributed by atoms with Crippen molar-refractivity contribution in [1.29, 1.82) is 0 Å². The van der Waals surface area contributed by atoms with Crippen LogP contribution < -0.4 is 55.4 Å². The number of hydrogen-bond acceptors (Lipinski definition) is 7.